The summed E-state index contributed by atoms with van der Waals surface area (Å²) in [6.45, 7) is 4.68. The first-order valence-corrected chi connectivity index (χ1v) is 10.8. The van der Waals surface area contributed by atoms with Crippen LogP contribution in [0.4, 0.5) is 0 Å². The van der Waals surface area contributed by atoms with Gasteiger partial charge in [0, 0.05) is 39.4 Å². The lowest BCUT2D eigenvalue weighted by molar-refractivity contribution is 0.114. The molecule has 2 aliphatic rings. The first-order chi connectivity index (χ1) is 13.7. The van der Waals surface area contributed by atoms with Crippen molar-refractivity contribution in [1.29, 1.82) is 0 Å². The molecule has 4 N–H and O–H groups in total. The molecular formula is C20H30N4O2S2. The molecule has 6 nitrogen and oxygen atoms in total. The van der Waals surface area contributed by atoms with Crippen LogP contribution in [0.3, 0.4) is 0 Å². The maximum atomic E-state index is 5.58. The summed E-state index contributed by atoms with van der Waals surface area (Å²) >= 11 is 10.7. The molecule has 0 aliphatic carbocycles. The van der Waals surface area contributed by atoms with Gasteiger partial charge >= 0.3 is 0 Å². The standard InChI is InChI=1S/C20H30N4O2S2/c27-19(23-13-17-3-1-9-25-17)21-11-15-5-7-16(8-6-15)12-22-20(28)24-14-18-4-2-10-26-18/h5-8,17-18H,1-4,9-14H2,(H2,21,23,27)(H2,22,24,28)/t17-,18+. The fourth-order valence-electron chi connectivity index (χ4n) is 3.29. The van der Waals surface area contributed by atoms with Crippen LogP contribution in [0.15, 0.2) is 24.3 Å². The minimum atomic E-state index is 0.290. The summed E-state index contributed by atoms with van der Waals surface area (Å²) < 4.78 is 11.2. The van der Waals surface area contributed by atoms with E-state index >= 15 is 0 Å². The van der Waals surface area contributed by atoms with Crippen molar-refractivity contribution in [3.05, 3.63) is 35.4 Å². The minimum absolute atomic E-state index is 0.290. The van der Waals surface area contributed by atoms with Crippen molar-refractivity contribution < 1.29 is 9.47 Å². The maximum absolute atomic E-state index is 5.58. The average Bonchev–Trinajstić information content (AvgIpc) is 3.42. The van der Waals surface area contributed by atoms with E-state index in [2.05, 4.69) is 45.5 Å². The molecule has 0 spiro atoms. The van der Waals surface area contributed by atoms with E-state index in [1.165, 1.54) is 11.1 Å². The highest BCUT2D eigenvalue weighted by Crippen LogP contribution is 2.11. The number of thiocarbonyl (C=S) groups is 2. The van der Waals surface area contributed by atoms with Gasteiger partial charge in [-0.05, 0) is 61.2 Å². The lowest BCUT2D eigenvalue weighted by Crippen LogP contribution is -2.39. The number of rotatable bonds is 8. The van der Waals surface area contributed by atoms with Gasteiger partial charge in [0.15, 0.2) is 10.2 Å². The third-order valence-electron chi connectivity index (χ3n) is 4.96. The molecule has 154 valence electrons. The topological polar surface area (TPSA) is 66.6 Å². The van der Waals surface area contributed by atoms with Gasteiger partial charge in [0.05, 0.1) is 12.2 Å². The molecule has 2 saturated heterocycles. The van der Waals surface area contributed by atoms with Crippen LogP contribution in [-0.4, -0.2) is 48.7 Å². The Kier molecular flexibility index (Phi) is 8.72. The van der Waals surface area contributed by atoms with Crippen LogP contribution in [0.1, 0.15) is 36.8 Å². The van der Waals surface area contributed by atoms with Gasteiger partial charge in [-0.1, -0.05) is 24.3 Å². The molecule has 2 aliphatic heterocycles. The third-order valence-corrected chi connectivity index (χ3v) is 5.54. The largest absolute Gasteiger partial charge is 0.376 e. The van der Waals surface area contributed by atoms with Gasteiger partial charge in [-0.2, -0.15) is 0 Å². The summed E-state index contributed by atoms with van der Waals surface area (Å²) in [4.78, 5) is 0. The Hall–Kier alpha value is -1.48. The van der Waals surface area contributed by atoms with Crippen LogP contribution in [-0.2, 0) is 22.6 Å². The van der Waals surface area contributed by atoms with Crippen LogP contribution in [0, 0.1) is 0 Å². The molecule has 1 aromatic carbocycles. The number of nitrogens with one attached hydrogen (secondary N) is 4. The Morgan fingerprint density at radius 1 is 0.750 bits per heavy atom. The zero-order valence-electron chi connectivity index (χ0n) is 16.2. The molecule has 3 rings (SSSR count). The van der Waals surface area contributed by atoms with Crippen molar-refractivity contribution in [2.45, 2.75) is 51.0 Å². The highest BCUT2D eigenvalue weighted by Gasteiger charge is 2.16. The first kappa shape index (κ1) is 21.2. The Morgan fingerprint density at radius 3 is 1.54 bits per heavy atom. The lowest BCUT2D eigenvalue weighted by Gasteiger charge is -2.15. The van der Waals surface area contributed by atoms with Crippen LogP contribution >= 0.6 is 24.4 Å². The SMILES string of the molecule is S=C(NCc1ccc(CNC(=S)NC[C@@H]2CCCO2)cc1)NC[C@H]1CCCO1. The molecule has 2 heterocycles. The normalized spacial score (nSPS) is 21.3. The molecule has 28 heavy (non-hydrogen) atoms. The quantitative estimate of drug-likeness (QED) is 0.474. The number of hydrogen-bond donors (Lipinski definition) is 4. The maximum Gasteiger partial charge on any atom is 0.166 e. The Morgan fingerprint density at radius 2 is 1.18 bits per heavy atom. The summed E-state index contributed by atoms with van der Waals surface area (Å²) in [5, 5.41) is 14.3. The summed E-state index contributed by atoms with van der Waals surface area (Å²) in [6, 6.07) is 8.43. The van der Waals surface area contributed by atoms with Gasteiger partial charge in [0.1, 0.15) is 0 Å². The zero-order valence-corrected chi connectivity index (χ0v) is 17.8. The van der Waals surface area contributed by atoms with E-state index < -0.39 is 0 Å². The second-order valence-corrected chi connectivity index (χ2v) is 8.03. The fourth-order valence-corrected chi connectivity index (χ4v) is 3.60. The van der Waals surface area contributed by atoms with E-state index in [1.807, 2.05) is 0 Å². The van der Waals surface area contributed by atoms with Crippen molar-refractivity contribution in [2.24, 2.45) is 0 Å². The molecule has 0 radical (unpaired) electrons. The van der Waals surface area contributed by atoms with E-state index in [1.54, 1.807) is 0 Å². The van der Waals surface area contributed by atoms with Crippen molar-refractivity contribution in [3.8, 4) is 0 Å². The molecular weight excluding hydrogens is 392 g/mol. The predicted octanol–water partition coefficient (Wildman–Crippen LogP) is 1.97. The Bertz CT molecular complexity index is 575. The van der Waals surface area contributed by atoms with Crippen LogP contribution in [0.25, 0.3) is 0 Å². The van der Waals surface area contributed by atoms with E-state index in [0.29, 0.717) is 23.3 Å². The van der Waals surface area contributed by atoms with Gasteiger partial charge in [0.25, 0.3) is 0 Å². The molecule has 0 unspecified atom stereocenters. The molecule has 0 aromatic heterocycles. The highest BCUT2D eigenvalue weighted by atomic mass is 32.1. The Labute approximate surface area is 178 Å². The summed E-state index contributed by atoms with van der Waals surface area (Å²) in [5.74, 6) is 0. The van der Waals surface area contributed by atoms with E-state index in [-0.39, 0.29) is 12.2 Å². The van der Waals surface area contributed by atoms with Gasteiger partial charge < -0.3 is 30.7 Å². The molecule has 8 heteroatoms. The van der Waals surface area contributed by atoms with E-state index in [0.717, 1.165) is 52.0 Å². The molecule has 0 amide bonds. The number of benzene rings is 1. The summed E-state index contributed by atoms with van der Waals surface area (Å²) in [5.41, 5.74) is 2.37. The van der Waals surface area contributed by atoms with Crippen LogP contribution in [0.5, 0.6) is 0 Å². The van der Waals surface area contributed by atoms with Gasteiger partial charge in [0.2, 0.25) is 0 Å². The molecule has 2 atom stereocenters. The van der Waals surface area contributed by atoms with E-state index in [4.69, 9.17) is 33.9 Å². The fraction of sp³-hybridized carbons (Fsp3) is 0.600. The molecule has 2 fully saturated rings. The van der Waals surface area contributed by atoms with Crippen molar-refractivity contribution in [3.63, 3.8) is 0 Å². The molecule has 0 saturated carbocycles. The number of hydrogen-bond acceptors (Lipinski definition) is 4. The Balaban J connectivity index is 1.29. The van der Waals surface area contributed by atoms with Crippen molar-refractivity contribution in [1.82, 2.24) is 21.3 Å². The lowest BCUT2D eigenvalue weighted by atomic mass is 10.1. The molecule has 1 aromatic rings. The first-order valence-electron chi connectivity index (χ1n) is 10.0. The van der Waals surface area contributed by atoms with Crippen molar-refractivity contribution >= 4 is 34.7 Å². The van der Waals surface area contributed by atoms with Crippen molar-refractivity contribution in [2.75, 3.05) is 26.3 Å². The van der Waals surface area contributed by atoms with Gasteiger partial charge in [-0.25, -0.2) is 0 Å². The van der Waals surface area contributed by atoms with E-state index in [9.17, 15) is 0 Å². The smallest absolute Gasteiger partial charge is 0.166 e. The number of ether oxygens (including phenoxy) is 2. The van der Waals surface area contributed by atoms with Crippen LogP contribution < -0.4 is 21.3 Å². The summed E-state index contributed by atoms with van der Waals surface area (Å²) in [7, 11) is 0. The second-order valence-electron chi connectivity index (χ2n) is 7.21. The third kappa shape index (κ3) is 7.50. The minimum Gasteiger partial charge on any atom is -0.376 e. The van der Waals surface area contributed by atoms with Gasteiger partial charge in [-0.3, -0.25) is 0 Å². The second kappa shape index (κ2) is 11.5. The molecule has 0 bridgehead atoms. The average molecular weight is 423 g/mol. The highest BCUT2D eigenvalue weighted by molar-refractivity contribution is 7.80. The monoisotopic (exact) mass is 422 g/mol. The van der Waals surface area contributed by atoms with Crippen LogP contribution in [0.2, 0.25) is 0 Å². The predicted molar refractivity (Wildman–Crippen MR) is 119 cm³/mol. The summed E-state index contributed by atoms with van der Waals surface area (Å²) in [6.07, 6.45) is 5.08. The zero-order chi connectivity index (χ0) is 19.6. The van der Waals surface area contributed by atoms with Gasteiger partial charge in [-0.15, -0.1) is 0 Å².